The van der Waals surface area contributed by atoms with E-state index in [1.54, 1.807) is 24.3 Å². The molecule has 0 aliphatic carbocycles. The Labute approximate surface area is 157 Å². The Morgan fingerprint density at radius 3 is 2.33 bits per heavy atom. The van der Waals surface area contributed by atoms with E-state index in [1.165, 1.54) is 5.56 Å². The maximum Gasteiger partial charge on any atom is 0.359 e. The van der Waals surface area contributed by atoms with E-state index < -0.39 is 5.97 Å². The number of nitrogens with one attached hydrogen (secondary N) is 1. The van der Waals surface area contributed by atoms with Crippen molar-refractivity contribution in [1.82, 2.24) is 10.2 Å². The molecule has 6 heteroatoms. The monoisotopic (exact) mass is 366 g/mol. The van der Waals surface area contributed by atoms with E-state index in [0.717, 1.165) is 0 Å². The number of carbonyl (C=O) groups is 1. The summed E-state index contributed by atoms with van der Waals surface area (Å²) in [4.78, 5) is 24.0. The molecule has 0 aliphatic heterocycles. The molecule has 0 amide bonds. The summed E-state index contributed by atoms with van der Waals surface area (Å²) >= 11 is 0. The van der Waals surface area contributed by atoms with Gasteiger partial charge in [-0.15, -0.1) is 0 Å². The van der Waals surface area contributed by atoms with Gasteiger partial charge < -0.3 is 9.47 Å². The number of benzene rings is 2. The van der Waals surface area contributed by atoms with Gasteiger partial charge in [0.05, 0.1) is 5.39 Å². The smallest absolute Gasteiger partial charge is 0.359 e. The highest BCUT2D eigenvalue weighted by Gasteiger charge is 2.15. The molecule has 0 atom stereocenters. The molecule has 0 saturated carbocycles. The highest BCUT2D eigenvalue weighted by molar-refractivity contribution is 6.01. The minimum atomic E-state index is -0.603. The highest BCUT2D eigenvalue weighted by Crippen LogP contribution is 2.24. The number of fused-ring (bicyclic) bond motifs is 1. The summed E-state index contributed by atoms with van der Waals surface area (Å²) in [5, 5.41) is 7.00. The molecule has 140 valence electrons. The largest absolute Gasteiger partial charge is 0.490 e. The van der Waals surface area contributed by atoms with Crippen LogP contribution in [0.2, 0.25) is 0 Å². The van der Waals surface area contributed by atoms with Crippen LogP contribution in [0.5, 0.6) is 5.75 Å². The van der Waals surface area contributed by atoms with Gasteiger partial charge in [-0.1, -0.05) is 51.1 Å². The summed E-state index contributed by atoms with van der Waals surface area (Å²) in [5.41, 5.74) is 1.04. The molecule has 1 N–H and O–H groups in total. The third-order valence-corrected chi connectivity index (χ3v) is 4.19. The van der Waals surface area contributed by atoms with Crippen LogP contribution in [0.1, 0.15) is 36.8 Å². The molecule has 27 heavy (non-hydrogen) atoms. The number of H-pyrrole nitrogens is 1. The standard InChI is InChI=1S/C21H22N2O4/c1-21(2,3)14-8-10-15(11-9-14)26-12-13-27-20(25)18-16-6-4-5-7-17(16)19(24)23-22-18/h4-11H,12-13H2,1-3H3,(H,23,24). The minimum absolute atomic E-state index is 0.0784. The van der Waals surface area contributed by atoms with E-state index in [0.29, 0.717) is 16.5 Å². The van der Waals surface area contributed by atoms with Crippen molar-refractivity contribution in [2.45, 2.75) is 26.2 Å². The number of hydrogen-bond acceptors (Lipinski definition) is 5. The van der Waals surface area contributed by atoms with Gasteiger partial charge in [0.2, 0.25) is 0 Å². The number of rotatable bonds is 5. The Balaban J connectivity index is 1.58. The lowest BCUT2D eigenvalue weighted by molar-refractivity contribution is 0.0445. The number of ether oxygens (including phenoxy) is 2. The molecule has 0 spiro atoms. The van der Waals surface area contributed by atoms with Crippen LogP contribution in [0.15, 0.2) is 53.3 Å². The van der Waals surface area contributed by atoms with Crippen molar-refractivity contribution in [3.05, 3.63) is 70.1 Å². The van der Waals surface area contributed by atoms with Crippen molar-refractivity contribution >= 4 is 16.7 Å². The summed E-state index contributed by atoms with van der Waals surface area (Å²) in [6.07, 6.45) is 0. The lowest BCUT2D eigenvalue weighted by Gasteiger charge is -2.19. The van der Waals surface area contributed by atoms with Crippen LogP contribution in [0.4, 0.5) is 0 Å². The van der Waals surface area contributed by atoms with Crippen LogP contribution in [-0.4, -0.2) is 29.4 Å². The van der Waals surface area contributed by atoms with Crippen molar-refractivity contribution in [1.29, 1.82) is 0 Å². The predicted octanol–water partition coefficient (Wildman–Crippen LogP) is 3.46. The van der Waals surface area contributed by atoms with Gasteiger partial charge in [0.1, 0.15) is 19.0 Å². The van der Waals surface area contributed by atoms with Gasteiger partial charge in [-0.3, -0.25) is 4.79 Å². The molecule has 2 aromatic carbocycles. The van der Waals surface area contributed by atoms with Gasteiger partial charge in [-0.05, 0) is 29.2 Å². The van der Waals surface area contributed by atoms with E-state index in [1.807, 2.05) is 24.3 Å². The maximum absolute atomic E-state index is 12.3. The number of carbonyl (C=O) groups excluding carboxylic acids is 1. The molecule has 3 rings (SSSR count). The molecule has 1 heterocycles. The number of aromatic amines is 1. The first-order valence-corrected chi connectivity index (χ1v) is 8.74. The van der Waals surface area contributed by atoms with Crippen molar-refractivity contribution in [3.63, 3.8) is 0 Å². The van der Waals surface area contributed by atoms with Crippen LogP contribution in [0, 0.1) is 0 Å². The molecule has 0 saturated heterocycles. The van der Waals surface area contributed by atoms with E-state index >= 15 is 0 Å². The third kappa shape index (κ3) is 4.34. The van der Waals surface area contributed by atoms with Crippen LogP contribution in [-0.2, 0) is 10.2 Å². The third-order valence-electron chi connectivity index (χ3n) is 4.19. The summed E-state index contributed by atoms with van der Waals surface area (Å²) < 4.78 is 10.8. The van der Waals surface area contributed by atoms with Crippen molar-refractivity contribution in [2.24, 2.45) is 0 Å². The van der Waals surface area contributed by atoms with Crippen LogP contribution in [0.25, 0.3) is 10.8 Å². The second kappa shape index (κ2) is 7.61. The van der Waals surface area contributed by atoms with Gasteiger partial charge in [0.15, 0.2) is 5.69 Å². The first-order valence-electron chi connectivity index (χ1n) is 8.74. The molecular weight excluding hydrogens is 344 g/mol. The van der Waals surface area contributed by atoms with Crippen molar-refractivity contribution in [2.75, 3.05) is 13.2 Å². The maximum atomic E-state index is 12.3. The molecule has 0 aliphatic rings. The quantitative estimate of drug-likeness (QED) is 0.552. The molecule has 3 aromatic rings. The van der Waals surface area contributed by atoms with Gasteiger partial charge in [0.25, 0.3) is 5.56 Å². The predicted molar refractivity (Wildman–Crippen MR) is 103 cm³/mol. The molecule has 1 aromatic heterocycles. The lowest BCUT2D eigenvalue weighted by Crippen LogP contribution is -2.18. The zero-order chi connectivity index (χ0) is 19.4. The Morgan fingerprint density at radius 1 is 1.00 bits per heavy atom. The molecule has 0 unspecified atom stereocenters. The van der Waals surface area contributed by atoms with Gasteiger partial charge >= 0.3 is 5.97 Å². The molecule has 6 nitrogen and oxygen atoms in total. The fraction of sp³-hybridized carbons (Fsp3) is 0.286. The molecule has 0 radical (unpaired) electrons. The molecule has 0 fully saturated rings. The Hall–Kier alpha value is -3.15. The van der Waals surface area contributed by atoms with Crippen molar-refractivity contribution < 1.29 is 14.3 Å². The second-order valence-corrected chi connectivity index (χ2v) is 7.21. The van der Waals surface area contributed by atoms with E-state index in [2.05, 4.69) is 31.0 Å². The SMILES string of the molecule is CC(C)(C)c1ccc(OCCOC(=O)c2n[nH]c(=O)c3ccccc23)cc1. The van der Waals surface area contributed by atoms with E-state index in [-0.39, 0.29) is 29.9 Å². The average molecular weight is 366 g/mol. The van der Waals surface area contributed by atoms with E-state index in [9.17, 15) is 9.59 Å². The number of aromatic nitrogens is 2. The van der Waals surface area contributed by atoms with Gasteiger partial charge in [-0.2, -0.15) is 5.10 Å². The van der Waals surface area contributed by atoms with E-state index in [4.69, 9.17) is 9.47 Å². The van der Waals surface area contributed by atoms with Gasteiger partial charge in [-0.25, -0.2) is 9.89 Å². The number of nitrogens with zero attached hydrogens (tertiary/aromatic N) is 1. The van der Waals surface area contributed by atoms with Crippen molar-refractivity contribution in [3.8, 4) is 5.75 Å². The first-order chi connectivity index (χ1) is 12.9. The summed E-state index contributed by atoms with van der Waals surface area (Å²) in [6, 6.07) is 14.6. The normalized spacial score (nSPS) is 11.4. The Bertz CT molecular complexity index is 1000. The topological polar surface area (TPSA) is 81.3 Å². The minimum Gasteiger partial charge on any atom is -0.490 e. The summed E-state index contributed by atoms with van der Waals surface area (Å²) in [5.74, 6) is 0.112. The number of hydrogen-bond donors (Lipinski definition) is 1. The fourth-order valence-electron chi connectivity index (χ4n) is 2.68. The van der Waals surface area contributed by atoms with Crippen LogP contribution >= 0.6 is 0 Å². The summed E-state index contributed by atoms with van der Waals surface area (Å²) in [6.45, 7) is 6.75. The highest BCUT2D eigenvalue weighted by atomic mass is 16.6. The average Bonchev–Trinajstić information content (AvgIpc) is 2.65. The zero-order valence-corrected chi connectivity index (χ0v) is 15.6. The van der Waals surface area contributed by atoms with Gasteiger partial charge in [0, 0.05) is 5.39 Å². The second-order valence-electron chi connectivity index (χ2n) is 7.21. The zero-order valence-electron chi connectivity index (χ0n) is 15.6. The lowest BCUT2D eigenvalue weighted by atomic mass is 9.87. The Kier molecular flexibility index (Phi) is 5.26. The number of esters is 1. The molecule has 0 bridgehead atoms. The first kappa shape index (κ1) is 18.6. The molecular formula is C21H22N2O4. The van der Waals surface area contributed by atoms with Crippen LogP contribution < -0.4 is 10.3 Å². The summed E-state index contributed by atoms with van der Waals surface area (Å²) in [7, 11) is 0. The fourth-order valence-corrected chi connectivity index (χ4v) is 2.68. The van der Waals surface area contributed by atoms with Crippen LogP contribution in [0.3, 0.4) is 0 Å². The Morgan fingerprint density at radius 2 is 1.67 bits per heavy atom.